The number of rotatable bonds is 2. The van der Waals surface area contributed by atoms with Crippen LogP contribution in [0, 0.1) is 0 Å². The van der Waals surface area contributed by atoms with Crippen LogP contribution in [-0.4, -0.2) is 10.9 Å². The van der Waals surface area contributed by atoms with E-state index in [2.05, 4.69) is 10.3 Å². The highest BCUT2D eigenvalue weighted by atomic mass is 35.5. The summed E-state index contributed by atoms with van der Waals surface area (Å²) >= 11 is 1.43. The lowest BCUT2D eigenvalue weighted by Gasteiger charge is -2.26. The van der Waals surface area contributed by atoms with E-state index in [9.17, 15) is 4.79 Å². The number of hydrogen-bond donors (Lipinski definition) is 2. The molecule has 1 amide bonds. The zero-order valence-electron chi connectivity index (χ0n) is 11.2. The molecule has 1 aliphatic carbocycles. The van der Waals surface area contributed by atoms with E-state index in [1.807, 2.05) is 18.2 Å². The number of nitrogens with one attached hydrogen (secondary N) is 1. The summed E-state index contributed by atoms with van der Waals surface area (Å²) < 4.78 is 0. The maximum Gasteiger partial charge on any atom is 0.271 e. The molecule has 1 unspecified atom stereocenters. The molecule has 1 aliphatic rings. The summed E-state index contributed by atoms with van der Waals surface area (Å²) in [7, 11) is 0. The second-order valence-corrected chi connectivity index (χ2v) is 5.47. The van der Waals surface area contributed by atoms with Crippen molar-refractivity contribution >= 4 is 47.7 Å². The van der Waals surface area contributed by atoms with Crippen molar-refractivity contribution in [1.29, 1.82) is 0 Å². The van der Waals surface area contributed by atoms with Crippen molar-refractivity contribution in [1.82, 2.24) is 10.3 Å². The molecule has 0 saturated carbocycles. The van der Waals surface area contributed by atoms with E-state index >= 15 is 0 Å². The molecule has 0 aliphatic heterocycles. The van der Waals surface area contributed by atoms with Crippen LogP contribution in [0.1, 0.15) is 40.5 Å². The third-order valence-corrected chi connectivity index (χ3v) is 4.04. The molecule has 7 heteroatoms. The summed E-state index contributed by atoms with van der Waals surface area (Å²) in [6, 6.07) is 6.00. The van der Waals surface area contributed by atoms with E-state index in [0.717, 1.165) is 24.9 Å². The maximum atomic E-state index is 12.1. The molecule has 1 aromatic carbocycles. The fourth-order valence-corrected chi connectivity index (χ4v) is 3.07. The largest absolute Gasteiger partial charge is 0.399 e. The van der Waals surface area contributed by atoms with Gasteiger partial charge in [-0.25, -0.2) is 4.98 Å². The van der Waals surface area contributed by atoms with Crippen molar-refractivity contribution < 1.29 is 4.79 Å². The van der Waals surface area contributed by atoms with Crippen molar-refractivity contribution in [3.63, 3.8) is 0 Å². The first-order valence-corrected chi connectivity index (χ1v) is 7.25. The van der Waals surface area contributed by atoms with Crippen LogP contribution in [0.5, 0.6) is 0 Å². The van der Waals surface area contributed by atoms with Crippen molar-refractivity contribution in [2.75, 3.05) is 5.73 Å². The average Bonchev–Trinajstić information content (AvgIpc) is 2.92. The molecule has 0 spiro atoms. The molecule has 3 N–H and O–H groups in total. The Morgan fingerprint density at radius 2 is 2.19 bits per heavy atom. The van der Waals surface area contributed by atoms with Gasteiger partial charge in [0.15, 0.2) is 0 Å². The van der Waals surface area contributed by atoms with Gasteiger partial charge in [0.1, 0.15) is 5.69 Å². The van der Waals surface area contributed by atoms with Gasteiger partial charge < -0.3 is 11.1 Å². The van der Waals surface area contributed by atoms with Gasteiger partial charge in [-0.15, -0.1) is 36.2 Å². The Morgan fingerprint density at radius 3 is 2.90 bits per heavy atom. The number of anilines is 1. The molecule has 1 aromatic heterocycles. The molecule has 1 atom stereocenters. The summed E-state index contributed by atoms with van der Waals surface area (Å²) in [5.41, 5.74) is 11.2. The van der Waals surface area contributed by atoms with Gasteiger partial charge in [-0.3, -0.25) is 4.79 Å². The van der Waals surface area contributed by atoms with Gasteiger partial charge in [0.05, 0.1) is 11.6 Å². The number of amides is 1. The molecule has 2 aromatic rings. The molecular formula is C14H17Cl2N3OS. The SMILES string of the molecule is Cl.Cl.Nc1ccc2c(c1)CCCC2NC(=O)c1cscn1. The van der Waals surface area contributed by atoms with E-state index < -0.39 is 0 Å². The highest BCUT2D eigenvalue weighted by Crippen LogP contribution is 2.31. The molecule has 3 rings (SSSR count). The lowest BCUT2D eigenvalue weighted by molar-refractivity contribution is 0.0928. The second kappa shape index (κ2) is 7.64. The van der Waals surface area contributed by atoms with E-state index in [-0.39, 0.29) is 36.8 Å². The predicted molar refractivity (Wildman–Crippen MR) is 90.6 cm³/mol. The average molecular weight is 346 g/mol. The van der Waals surface area contributed by atoms with Crippen molar-refractivity contribution in [3.05, 3.63) is 45.9 Å². The predicted octanol–water partition coefficient (Wildman–Crippen LogP) is 3.38. The lowest BCUT2D eigenvalue weighted by Crippen LogP contribution is -2.31. The summed E-state index contributed by atoms with van der Waals surface area (Å²) in [5.74, 6) is -0.101. The van der Waals surface area contributed by atoms with Gasteiger partial charge in [0.25, 0.3) is 5.91 Å². The van der Waals surface area contributed by atoms with Gasteiger partial charge in [-0.1, -0.05) is 6.07 Å². The van der Waals surface area contributed by atoms with Crippen molar-refractivity contribution in [2.45, 2.75) is 25.3 Å². The topological polar surface area (TPSA) is 68.0 Å². The van der Waals surface area contributed by atoms with Crippen LogP contribution in [0.25, 0.3) is 0 Å². The summed E-state index contributed by atoms with van der Waals surface area (Å²) in [4.78, 5) is 16.1. The molecule has 4 nitrogen and oxygen atoms in total. The highest BCUT2D eigenvalue weighted by Gasteiger charge is 2.22. The monoisotopic (exact) mass is 345 g/mol. The molecule has 0 fully saturated rings. The number of nitrogens with two attached hydrogens (primary N) is 1. The standard InChI is InChI=1S/C14H15N3OS.2ClH/c15-10-4-5-11-9(6-10)2-1-3-12(11)17-14(18)13-7-19-8-16-13;;/h4-8,12H,1-3,15H2,(H,17,18);2*1H. The molecule has 0 saturated heterocycles. The van der Waals surface area contributed by atoms with Crippen LogP contribution in [-0.2, 0) is 6.42 Å². The smallest absolute Gasteiger partial charge is 0.271 e. The molecule has 1 heterocycles. The molecule has 21 heavy (non-hydrogen) atoms. The lowest BCUT2D eigenvalue weighted by atomic mass is 9.87. The van der Waals surface area contributed by atoms with Gasteiger partial charge >= 0.3 is 0 Å². The minimum Gasteiger partial charge on any atom is -0.399 e. The van der Waals surface area contributed by atoms with E-state index in [4.69, 9.17) is 5.73 Å². The molecule has 0 bridgehead atoms. The van der Waals surface area contributed by atoms with Crippen molar-refractivity contribution in [3.8, 4) is 0 Å². The third kappa shape index (κ3) is 3.87. The molecule has 0 radical (unpaired) electrons. The van der Waals surface area contributed by atoms with E-state index in [1.54, 1.807) is 10.9 Å². The summed E-state index contributed by atoms with van der Waals surface area (Å²) in [6.45, 7) is 0. The number of carbonyl (C=O) groups is 1. The van der Waals surface area contributed by atoms with E-state index in [0.29, 0.717) is 5.69 Å². The first-order chi connectivity index (χ1) is 9.24. The quantitative estimate of drug-likeness (QED) is 0.819. The van der Waals surface area contributed by atoms with Crippen LogP contribution in [0.2, 0.25) is 0 Å². The Balaban J connectivity index is 0.00000110. The van der Waals surface area contributed by atoms with Gasteiger partial charge in [-0.05, 0) is 42.5 Å². The van der Waals surface area contributed by atoms with Crippen LogP contribution in [0.3, 0.4) is 0 Å². The number of fused-ring (bicyclic) bond motifs is 1. The number of thiazole rings is 1. The van der Waals surface area contributed by atoms with Gasteiger partial charge in [-0.2, -0.15) is 0 Å². The minimum absolute atomic E-state index is 0. The Hall–Kier alpha value is -1.30. The summed E-state index contributed by atoms with van der Waals surface area (Å²) in [5, 5.41) is 4.83. The first-order valence-electron chi connectivity index (χ1n) is 6.31. The zero-order valence-corrected chi connectivity index (χ0v) is 13.7. The fraction of sp³-hybridized carbons (Fsp3) is 0.286. The van der Waals surface area contributed by atoms with Crippen LogP contribution < -0.4 is 11.1 Å². The van der Waals surface area contributed by atoms with Gasteiger partial charge in [0, 0.05) is 11.1 Å². The van der Waals surface area contributed by atoms with E-state index in [1.165, 1.54) is 22.5 Å². The van der Waals surface area contributed by atoms with Crippen LogP contribution >= 0.6 is 36.2 Å². The van der Waals surface area contributed by atoms with Crippen LogP contribution in [0.4, 0.5) is 5.69 Å². The highest BCUT2D eigenvalue weighted by molar-refractivity contribution is 7.07. The number of nitrogen functional groups attached to an aromatic ring is 1. The summed E-state index contributed by atoms with van der Waals surface area (Å²) in [6.07, 6.45) is 3.06. The van der Waals surface area contributed by atoms with Gasteiger partial charge in [0.2, 0.25) is 0 Å². The third-order valence-electron chi connectivity index (χ3n) is 3.45. The number of halogens is 2. The second-order valence-electron chi connectivity index (χ2n) is 4.75. The number of nitrogens with zero attached hydrogens (tertiary/aromatic N) is 1. The first kappa shape index (κ1) is 17.8. The fourth-order valence-electron chi connectivity index (χ4n) is 2.54. The Kier molecular flexibility index (Phi) is 6.45. The number of benzene rings is 1. The maximum absolute atomic E-state index is 12.1. The molecular weight excluding hydrogens is 329 g/mol. The number of carbonyl (C=O) groups excluding carboxylic acids is 1. The normalized spacial score (nSPS) is 16.1. The number of aryl methyl sites for hydroxylation is 1. The van der Waals surface area contributed by atoms with Crippen molar-refractivity contribution in [2.24, 2.45) is 0 Å². The van der Waals surface area contributed by atoms with Crippen LogP contribution in [0.15, 0.2) is 29.1 Å². The Bertz CT molecular complexity index is 604. The number of hydrogen-bond acceptors (Lipinski definition) is 4. The Morgan fingerprint density at radius 1 is 1.38 bits per heavy atom. The zero-order chi connectivity index (χ0) is 13.2. The minimum atomic E-state index is -0.101. The number of aromatic nitrogens is 1. The Labute approximate surface area is 140 Å². The molecule has 114 valence electrons.